The van der Waals surface area contributed by atoms with Gasteiger partial charge in [0.25, 0.3) is 0 Å². The maximum atomic E-state index is 3.91. The Hall–Kier alpha value is -1.82. The fourth-order valence-corrected chi connectivity index (χ4v) is 5.83. The minimum absolute atomic E-state index is 0.361. The number of benzene rings is 2. The Balaban J connectivity index is 1.76. The maximum absolute atomic E-state index is 3.91. The zero-order chi connectivity index (χ0) is 18.0. The molecule has 4 rings (SSSR count). The third-order valence-electron chi connectivity index (χ3n) is 7.15. The standard InChI is InChI=1S/C26H32/c1-3-4-5-12-19-26(2,20-13-6-7-14-20)25-23-17-10-8-15-21(23)22-16-9-11-18-24(22)25/h3,8-11,15-18,20,25H,1,4-7,12-14,19H2,2H3. The van der Waals surface area contributed by atoms with Crippen molar-refractivity contribution in [2.24, 2.45) is 11.3 Å². The topological polar surface area (TPSA) is 0 Å². The Bertz CT molecular complexity index is 720. The molecular formula is C26H32. The maximum Gasteiger partial charge on any atom is 0.0158 e. The number of fused-ring (bicyclic) bond motifs is 3. The summed E-state index contributed by atoms with van der Waals surface area (Å²) in [5.74, 6) is 1.41. The number of rotatable bonds is 7. The van der Waals surface area contributed by atoms with Crippen LogP contribution in [-0.2, 0) is 0 Å². The van der Waals surface area contributed by atoms with Crippen molar-refractivity contribution in [1.29, 1.82) is 0 Å². The van der Waals surface area contributed by atoms with Gasteiger partial charge in [-0.2, -0.15) is 0 Å². The molecule has 2 aliphatic carbocycles. The van der Waals surface area contributed by atoms with Crippen molar-refractivity contribution in [3.05, 3.63) is 72.3 Å². The molecule has 2 aromatic carbocycles. The quantitative estimate of drug-likeness (QED) is 0.356. The first-order valence-corrected chi connectivity index (χ1v) is 10.5. The molecule has 0 saturated heterocycles. The van der Waals surface area contributed by atoms with Gasteiger partial charge in [0.1, 0.15) is 0 Å². The normalized spacial score (nSPS) is 19.1. The van der Waals surface area contributed by atoms with Crippen LogP contribution in [0.1, 0.15) is 75.3 Å². The summed E-state index contributed by atoms with van der Waals surface area (Å²) in [6.07, 6.45) is 12.8. The molecule has 0 radical (unpaired) electrons. The largest absolute Gasteiger partial charge is 0.103 e. The Morgan fingerprint density at radius 3 is 2.08 bits per heavy atom. The van der Waals surface area contributed by atoms with Gasteiger partial charge in [-0.15, -0.1) is 6.58 Å². The highest BCUT2D eigenvalue weighted by Gasteiger charge is 2.46. The first-order chi connectivity index (χ1) is 12.8. The molecule has 2 aliphatic rings. The van der Waals surface area contributed by atoms with Crippen molar-refractivity contribution in [3.63, 3.8) is 0 Å². The summed E-state index contributed by atoms with van der Waals surface area (Å²) in [4.78, 5) is 0. The molecule has 0 heterocycles. The third kappa shape index (κ3) is 2.94. The lowest BCUT2D eigenvalue weighted by Gasteiger charge is -2.42. The lowest BCUT2D eigenvalue weighted by molar-refractivity contribution is 0.142. The summed E-state index contributed by atoms with van der Waals surface area (Å²) in [7, 11) is 0. The Morgan fingerprint density at radius 2 is 1.50 bits per heavy atom. The fraction of sp³-hybridized carbons (Fsp3) is 0.462. The molecule has 0 aliphatic heterocycles. The average molecular weight is 345 g/mol. The molecule has 0 N–H and O–H groups in total. The minimum Gasteiger partial charge on any atom is -0.103 e. The highest BCUT2D eigenvalue weighted by molar-refractivity contribution is 5.79. The van der Waals surface area contributed by atoms with Gasteiger partial charge in [0.05, 0.1) is 0 Å². The molecule has 136 valence electrons. The Morgan fingerprint density at radius 1 is 0.923 bits per heavy atom. The van der Waals surface area contributed by atoms with E-state index in [-0.39, 0.29) is 0 Å². The van der Waals surface area contributed by atoms with Crippen LogP contribution in [0.15, 0.2) is 61.2 Å². The van der Waals surface area contributed by atoms with Crippen molar-refractivity contribution in [2.75, 3.05) is 0 Å². The summed E-state index contributed by atoms with van der Waals surface area (Å²) in [5, 5.41) is 0. The van der Waals surface area contributed by atoms with Gasteiger partial charge < -0.3 is 0 Å². The van der Waals surface area contributed by atoms with E-state index in [1.54, 1.807) is 11.1 Å². The zero-order valence-corrected chi connectivity index (χ0v) is 16.2. The van der Waals surface area contributed by atoms with E-state index >= 15 is 0 Å². The van der Waals surface area contributed by atoms with E-state index in [0.717, 1.165) is 12.3 Å². The predicted molar refractivity (Wildman–Crippen MR) is 112 cm³/mol. The molecule has 26 heavy (non-hydrogen) atoms. The van der Waals surface area contributed by atoms with E-state index in [1.807, 2.05) is 0 Å². The molecule has 0 spiro atoms. The molecule has 0 aromatic heterocycles. The second-order valence-corrected chi connectivity index (χ2v) is 8.63. The highest BCUT2D eigenvalue weighted by atomic mass is 14.5. The molecule has 1 atom stereocenters. The van der Waals surface area contributed by atoms with Crippen LogP contribution in [0.2, 0.25) is 0 Å². The van der Waals surface area contributed by atoms with Crippen LogP contribution < -0.4 is 0 Å². The molecule has 0 nitrogen and oxygen atoms in total. The van der Waals surface area contributed by atoms with Crippen LogP contribution in [0, 0.1) is 11.3 Å². The summed E-state index contributed by atoms with van der Waals surface area (Å²) in [6, 6.07) is 18.4. The van der Waals surface area contributed by atoms with Crippen molar-refractivity contribution in [1.82, 2.24) is 0 Å². The molecule has 0 bridgehead atoms. The van der Waals surface area contributed by atoms with Gasteiger partial charge in [0.2, 0.25) is 0 Å². The van der Waals surface area contributed by atoms with Gasteiger partial charge >= 0.3 is 0 Å². The Kier molecular flexibility index (Phi) is 5.02. The number of allylic oxidation sites excluding steroid dienone is 1. The predicted octanol–water partition coefficient (Wildman–Crippen LogP) is 7.74. The molecule has 2 aromatic rings. The van der Waals surface area contributed by atoms with Gasteiger partial charge in [-0.05, 0) is 65.7 Å². The summed E-state index contributed by atoms with van der Waals surface area (Å²) < 4.78 is 0. The van der Waals surface area contributed by atoms with Gasteiger partial charge in [-0.3, -0.25) is 0 Å². The number of hydrogen-bond acceptors (Lipinski definition) is 0. The highest BCUT2D eigenvalue weighted by Crippen LogP contribution is 2.59. The number of unbranched alkanes of at least 4 members (excludes halogenated alkanes) is 2. The number of hydrogen-bond donors (Lipinski definition) is 0. The van der Waals surface area contributed by atoms with E-state index in [4.69, 9.17) is 0 Å². The van der Waals surface area contributed by atoms with Gasteiger partial charge in [-0.25, -0.2) is 0 Å². The van der Waals surface area contributed by atoms with E-state index in [2.05, 4.69) is 68.1 Å². The van der Waals surface area contributed by atoms with Gasteiger partial charge in [0, 0.05) is 5.92 Å². The fourth-order valence-electron chi connectivity index (χ4n) is 5.83. The monoisotopic (exact) mass is 344 g/mol. The van der Waals surface area contributed by atoms with Crippen LogP contribution in [0.4, 0.5) is 0 Å². The molecule has 1 saturated carbocycles. The third-order valence-corrected chi connectivity index (χ3v) is 7.15. The first-order valence-electron chi connectivity index (χ1n) is 10.5. The summed E-state index contributed by atoms with van der Waals surface area (Å²) in [6.45, 7) is 6.52. The van der Waals surface area contributed by atoms with E-state index in [9.17, 15) is 0 Å². The van der Waals surface area contributed by atoms with Crippen LogP contribution in [0.25, 0.3) is 11.1 Å². The van der Waals surface area contributed by atoms with E-state index < -0.39 is 0 Å². The van der Waals surface area contributed by atoms with Crippen molar-refractivity contribution >= 4 is 0 Å². The van der Waals surface area contributed by atoms with Crippen LogP contribution >= 0.6 is 0 Å². The molecule has 0 heteroatoms. The molecular weight excluding hydrogens is 312 g/mol. The smallest absolute Gasteiger partial charge is 0.0158 e. The van der Waals surface area contributed by atoms with E-state index in [0.29, 0.717) is 11.3 Å². The second kappa shape index (κ2) is 7.43. The van der Waals surface area contributed by atoms with Crippen LogP contribution in [-0.4, -0.2) is 0 Å². The second-order valence-electron chi connectivity index (χ2n) is 8.63. The lowest BCUT2D eigenvalue weighted by atomic mass is 9.61. The van der Waals surface area contributed by atoms with Crippen molar-refractivity contribution < 1.29 is 0 Å². The van der Waals surface area contributed by atoms with Crippen molar-refractivity contribution in [2.45, 2.75) is 64.2 Å². The lowest BCUT2D eigenvalue weighted by Crippen LogP contribution is -2.33. The van der Waals surface area contributed by atoms with Gasteiger partial charge in [0.15, 0.2) is 0 Å². The molecule has 1 fully saturated rings. The van der Waals surface area contributed by atoms with Crippen molar-refractivity contribution in [3.8, 4) is 11.1 Å². The molecule has 0 amide bonds. The van der Waals surface area contributed by atoms with Gasteiger partial charge in [-0.1, -0.05) is 80.8 Å². The minimum atomic E-state index is 0.361. The zero-order valence-electron chi connectivity index (χ0n) is 16.2. The summed E-state index contributed by atoms with van der Waals surface area (Å²) >= 11 is 0. The Labute approximate surface area is 159 Å². The molecule has 1 unspecified atom stereocenters. The van der Waals surface area contributed by atoms with E-state index in [1.165, 1.54) is 56.1 Å². The SMILES string of the molecule is C=CCCCCC(C)(C1CCCC1)C1c2ccccc2-c2ccccc21. The summed E-state index contributed by atoms with van der Waals surface area (Å²) in [5.41, 5.74) is 6.46. The van der Waals surface area contributed by atoms with Crippen LogP contribution in [0.3, 0.4) is 0 Å². The average Bonchev–Trinajstić information content (AvgIpc) is 3.32. The first kappa shape index (κ1) is 17.6. The van der Waals surface area contributed by atoms with Crippen LogP contribution in [0.5, 0.6) is 0 Å².